The molecule has 86 valence electrons. The maximum absolute atomic E-state index is 11.5. The number of methoxy groups -OCH3 is 1. The Kier molecular flexibility index (Phi) is 4.23. The fourth-order valence-corrected chi connectivity index (χ4v) is 1.28. The standard InChI is InChI=1S/C13H16O3/c1-9(2)12(14)8-10-4-6-11(7-5-10)13(15)16-3/h4-7,9H,8H2,1-3H3. The van der Waals surface area contributed by atoms with Gasteiger partial charge in [-0.25, -0.2) is 4.79 Å². The molecule has 0 heterocycles. The first-order chi connectivity index (χ1) is 7.54. The zero-order chi connectivity index (χ0) is 12.1. The van der Waals surface area contributed by atoms with Crippen molar-refractivity contribution in [3.63, 3.8) is 0 Å². The lowest BCUT2D eigenvalue weighted by Crippen LogP contribution is -2.10. The Balaban J connectivity index is 2.72. The topological polar surface area (TPSA) is 43.4 Å². The maximum Gasteiger partial charge on any atom is 0.337 e. The van der Waals surface area contributed by atoms with Gasteiger partial charge < -0.3 is 4.74 Å². The minimum Gasteiger partial charge on any atom is -0.465 e. The number of hydrogen-bond acceptors (Lipinski definition) is 3. The van der Waals surface area contributed by atoms with E-state index >= 15 is 0 Å². The molecular formula is C13H16O3. The Labute approximate surface area is 95.4 Å². The van der Waals surface area contributed by atoms with E-state index in [2.05, 4.69) is 4.74 Å². The molecule has 1 aromatic carbocycles. The van der Waals surface area contributed by atoms with Crippen molar-refractivity contribution in [1.82, 2.24) is 0 Å². The van der Waals surface area contributed by atoms with Gasteiger partial charge in [-0.3, -0.25) is 4.79 Å². The Morgan fingerprint density at radius 2 is 1.75 bits per heavy atom. The van der Waals surface area contributed by atoms with Crippen molar-refractivity contribution in [2.75, 3.05) is 7.11 Å². The van der Waals surface area contributed by atoms with Gasteiger partial charge in [0.1, 0.15) is 5.78 Å². The van der Waals surface area contributed by atoms with Crippen LogP contribution in [0.15, 0.2) is 24.3 Å². The van der Waals surface area contributed by atoms with Gasteiger partial charge in [0.15, 0.2) is 0 Å². The highest BCUT2D eigenvalue weighted by Crippen LogP contribution is 2.09. The average Bonchev–Trinajstić information content (AvgIpc) is 2.28. The van der Waals surface area contributed by atoms with E-state index in [1.165, 1.54) is 7.11 Å². The molecule has 0 atom stereocenters. The third kappa shape index (κ3) is 3.19. The monoisotopic (exact) mass is 220 g/mol. The third-order valence-corrected chi connectivity index (χ3v) is 2.40. The summed E-state index contributed by atoms with van der Waals surface area (Å²) >= 11 is 0. The molecule has 0 bridgehead atoms. The third-order valence-electron chi connectivity index (χ3n) is 2.40. The van der Waals surface area contributed by atoms with Crippen LogP contribution in [-0.4, -0.2) is 18.9 Å². The first-order valence-corrected chi connectivity index (χ1v) is 5.24. The molecule has 0 spiro atoms. The van der Waals surface area contributed by atoms with E-state index in [4.69, 9.17) is 0 Å². The first-order valence-electron chi connectivity index (χ1n) is 5.24. The van der Waals surface area contributed by atoms with E-state index in [0.717, 1.165) is 5.56 Å². The number of ketones is 1. The van der Waals surface area contributed by atoms with Crippen molar-refractivity contribution >= 4 is 11.8 Å². The highest BCUT2D eigenvalue weighted by Gasteiger charge is 2.09. The van der Waals surface area contributed by atoms with Gasteiger partial charge >= 0.3 is 5.97 Å². The van der Waals surface area contributed by atoms with E-state index < -0.39 is 0 Å². The number of rotatable bonds is 4. The number of esters is 1. The lowest BCUT2D eigenvalue weighted by atomic mass is 10.0. The summed E-state index contributed by atoms with van der Waals surface area (Å²) in [5, 5.41) is 0. The van der Waals surface area contributed by atoms with Gasteiger partial charge in [0.2, 0.25) is 0 Å². The molecule has 3 heteroatoms. The number of benzene rings is 1. The molecule has 0 aliphatic rings. The van der Waals surface area contributed by atoms with E-state index in [1.807, 2.05) is 13.8 Å². The van der Waals surface area contributed by atoms with Crippen molar-refractivity contribution < 1.29 is 14.3 Å². The van der Waals surface area contributed by atoms with E-state index in [1.54, 1.807) is 24.3 Å². The Morgan fingerprint density at radius 3 is 2.19 bits per heavy atom. The Morgan fingerprint density at radius 1 is 1.19 bits per heavy atom. The summed E-state index contributed by atoms with van der Waals surface area (Å²) < 4.78 is 4.59. The SMILES string of the molecule is COC(=O)c1ccc(CC(=O)C(C)C)cc1. The maximum atomic E-state index is 11.5. The minimum absolute atomic E-state index is 0.0419. The smallest absolute Gasteiger partial charge is 0.337 e. The van der Waals surface area contributed by atoms with Crippen molar-refractivity contribution in [3.8, 4) is 0 Å². The van der Waals surface area contributed by atoms with Gasteiger partial charge in [-0.2, -0.15) is 0 Å². The number of carbonyl (C=O) groups is 2. The van der Waals surface area contributed by atoms with Crippen LogP contribution < -0.4 is 0 Å². The number of carbonyl (C=O) groups excluding carboxylic acids is 2. The predicted molar refractivity (Wildman–Crippen MR) is 61.3 cm³/mol. The molecule has 16 heavy (non-hydrogen) atoms. The molecule has 0 aromatic heterocycles. The Bertz CT molecular complexity index is 377. The summed E-state index contributed by atoms with van der Waals surface area (Å²) in [6, 6.07) is 6.92. The summed E-state index contributed by atoms with van der Waals surface area (Å²) in [5.74, 6) is -0.118. The van der Waals surface area contributed by atoms with E-state index in [0.29, 0.717) is 12.0 Å². The Hall–Kier alpha value is -1.64. The van der Waals surface area contributed by atoms with Crippen LogP contribution in [0.5, 0.6) is 0 Å². The van der Waals surface area contributed by atoms with Crippen LogP contribution in [0, 0.1) is 5.92 Å². The van der Waals surface area contributed by atoms with Crippen LogP contribution in [0.3, 0.4) is 0 Å². The number of Topliss-reactive ketones (excluding diaryl/α,β-unsaturated/α-hetero) is 1. The molecule has 0 aliphatic heterocycles. The predicted octanol–water partition coefficient (Wildman–Crippen LogP) is 2.24. The quantitative estimate of drug-likeness (QED) is 0.731. The molecule has 0 saturated heterocycles. The van der Waals surface area contributed by atoms with Crippen molar-refractivity contribution in [2.45, 2.75) is 20.3 Å². The zero-order valence-electron chi connectivity index (χ0n) is 9.82. The van der Waals surface area contributed by atoms with Crippen LogP contribution in [0.2, 0.25) is 0 Å². The van der Waals surface area contributed by atoms with Gasteiger partial charge in [0.25, 0.3) is 0 Å². The van der Waals surface area contributed by atoms with Crippen LogP contribution >= 0.6 is 0 Å². The molecule has 0 N–H and O–H groups in total. The molecule has 0 amide bonds. The average molecular weight is 220 g/mol. The molecule has 0 fully saturated rings. The fourth-order valence-electron chi connectivity index (χ4n) is 1.28. The molecule has 0 saturated carbocycles. The van der Waals surface area contributed by atoms with Crippen LogP contribution in [-0.2, 0) is 16.0 Å². The van der Waals surface area contributed by atoms with Crippen molar-refractivity contribution in [2.24, 2.45) is 5.92 Å². The fraction of sp³-hybridized carbons (Fsp3) is 0.385. The normalized spacial score (nSPS) is 10.2. The van der Waals surface area contributed by atoms with Crippen molar-refractivity contribution in [1.29, 1.82) is 0 Å². The van der Waals surface area contributed by atoms with Crippen LogP contribution in [0.4, 0.5) is 0 Å². The lowest BCUT2D eigenvalue weighted by Gasteiger charge is -2.05. The molecule has 3 nitrogen and oxygen atoms in total. The second-order valence-corrected chi connectivity index (χ2v) is 3.99. The molecular weight excluding hydrogens is 204 g/mol. The summed E-state index contributed by atoms with van der Waals surface area (Å²) in [7, 11) is 1.35. The zero-order valence-corrected chi connectivity index (χ0v) is 9.82. The molecule has 1 aromatic rings. The minimum atomic E-state index is -0.360. The largest absolute Gasteiger partial charge is 0.465 e. The van der Waals surface area contributed by atoms with Gasteiger partial charge in [0.05, 0.1) is 12.7 Å². The number of ether oxygens (including phenoxy) is 1. The summed E-state index contributed by atoms with van der Waals surface area (Å²) in [6.07, 6.45) is 0.416. The second-order valence-electron chi connectivity index (χ2n) is 3.99. The highest BCUT2D eigenvalue weighted by atomic mass is 16.5. The molecule has 0 unspecified atom stereocenters. The van der Waals surface area contributed by atoms with E-state index in [-0.39, 0.29) is 17.7 Å². The van der Waals surface area contributed by atoms with Gasteiger partial charge in [-0.05, 0) is 17.7 Å². The molecule has 0 aliphatic carbocycles. The summed E-state index contributed by atoms with van der Waals surface area (Å²) in [6.45, 7) is 3.76. The summed E-state index contributed by atoms with van der Waals surface area (Å²) in [4.78, 5) is 22.7. The highest BCUT2D eigenvalue weighted by molar-refractivity contribution is 5.89. The summed E-state index contributed by atoms with van der Waals surface area (Å²) in [5.41, 5.74) is 1.43. The van der Waals surface area contributed by atoms with Gasteiger partial charge in [0, 0.05) is 12.3 Å². The lowest BCUT2D eigenvalue weighted by molar-refractivity contribution is -0.121. The second kappa shape index (κ2) is 5.45. The van der Waals surface area contributed by atoms with Gasteiger partial charge in [-0.1, -0.05) is 26.0 Å². The van der Waals surface area contributed by atoms with E-state index in [9.17, 15) is 9.59 Å². The molecule has 0 radical (unpaired) electrons. The van der Waals surface area contributed by atoms with Crippen molar-refractivity contribution in [3.05, 3.63) is 35.4 Å². The first kappa shape index (κ1) is 12.4. The number of hydrogen-bond donors (Lipinski definition) is 0. The van der Waals surface area contributed by atoms with Gasteiger partial charge in [-0.15, -0.1) is 0 Å². The molecule has 1 rings (SSSR count). The van der Waals surface area contributed by atoms with Crippen LogP contribution in [0.25, 0.3) is 0 Å². The van der Waals surface area contributed by atoms with Crippen LogP contribution in [0.1, 0.15) is 29.8 Å².